The van der Waals surface area contributed by atoms with Crippen LogP contribution in [0.2, 0.25) is 0 Å². The van der Waals surface area contributed by atoms with Gasteiger partial charge in [0.2, 0.25) is 0 Å². The van der Waals surface area contributed by atoms with Crippen LogP contribution < -0.4 is 5.32 Å². The summed E-state index contributed by atoms with van der Waals surface area (Å²) in [6, 6.07) is 2.71. The van der Waals surface area contributed by atoms with Crippen LogP contribution in [0, 0.1) is 0 Å². The molecule has 4 nitrogen and oxygen atoms in total. The van der Waals surface area contributed by atoms with Crippen LogP contribution in [0.15, 0.2) is 12.3 Å². The number of hydrogen-bond acceptors (Lipinski definition) is 3. The van der Waals surface area contributed by atoms with Gasteiger partial charge in [0.25, 0.3) is 0 Å². The number of aliphatic hydroxyl groups is 1. The molecule has 0 unspecified atom stereocenters. The predicted octanol–water partition coefficient (Wildman–Crippen LogP) is 2.39. The van der Waals surface area contributed by atoms with E-state index in [-0.39, 0.29) is 0 Å². The fourth-order valence-corrected chi connectivity index (χ4v) is 3.21. The largest absolute Gasteiger partial charge is 0.389 e. The fourth-order valence-electron chi connectivity index (χ4n) is 3.21. The van der Waals surface area contributed by atoms with E-state index in [9.17, 15) is 5.11 Å². The fraction of sp³-hybridized carbons (Fsp3) is 0.800. The Morgan fingerprint density at radius 2 is 2.05 bits per heavy atom. The van der Waals surface area contributed by atoms with E-state index in [1.807, 2.05) is 0 Å². The third kappa shape index (κ3) is 3.18. The maximum absolute atomic E-state index is 10.0. The van der Waals surface area contributed by atoms with Gasteiger partial charge in [-0.15, -0.1) is 0 Å². The highest BCUT2D eigenvalue weighted by molar-refractivity contribution is 5.00. The molecule has 19 heavy (non-hydrogen) atoms. The van der Waals surface area contributed by atoms with Gasteiger partial charge in [-0.25, -0.2) is 0 Å². The average Bonchev–Trinajstić information content (AvgIpc) is 2.87. The molecule has 0 saturated heterocycles. The van der Waals surface area contributed by atoms with E-state index in [4.69, 9.17) is 0 Å². The summed E-state index contributed by atoms with van der Waals surface area (Å²) in [6.45, 7) is 1.46. The Morgan fingerprint density at radius 1 is 1.26 bits per heavy atom. The van der Waals surface area contributed by atoms with Crippen molar-refractivity contribution in [3.05, 3.63) is 18.0 Å². The molecule has 106 valence electrons. The number of rotatable bonds is 5. The van der Waals surface area contributed by atoms with Crippen molar-refractivity contribution in [2.45, 2.75) is 69.6 Å². The van der Waals surface area contributed by atoms with E-state index in [0.717, 1.165) is 31.5 Å². The van der Waals surface area contributed by atoms with Gasteiger partial charge in [-0.3, -0.25) is 4.68 Å². The lowest BCUT2D eigenvalue weighted by molar-refractivity contribution is -0.0315. The summed E-state index contributed by atoms with van der Waals surface area (Å²) in [5, 5.41) is 18.0. The highest BCUT2D eigenvalue weighted by Gasteiger charge is 2.33. The molecule has 0 aromatic carbocycles. The zero-order valence-electron chi connectivity index (χ0n) is 11.6. The number of nitrogens with one attached hydrogen (secondary N) is 1. The summed E-state index contributed by atoms with van der Waals surface area (Å²) in [5.74, 6) is 0. The van der Waals surface area contributed by atoms with Crippen molar-refractivity contribution in [3.8, 4) is 0 Å². The van der Waals surface area contributed by atoms with E-state index in [1.54, 1.807) is 0 Å². The molecular weight excluding hydrogens is 238 g/mol. The SMILES string of the molecule is OC1(CNCc2ccn(C3CCCCC3)n2)CCC1. The van der Waals surface area contributed by atoms with Crippen molar-refractivity contribution in [1.29, 1.82) is 0 Å². The second-order valence-corrected chi connectivity index (χ2v) is 6.26. The summed E-state index contributed by atoms with van der Waals surface area (Å²) in [6.07, 6.45) is 11.8. The topological polar surface area (TPSA) is 50.1 Å². The van der Waals surface area contributed by atoms with Crippen molar-refractivity contribution in [3.63, 3.8) is 0 Å². The van der Waals surface area contributed by atoms with Gasteiger partial charge in [0, 0.05) is 19.3 Å². The molecule has 0 spiro atoms. The van der Waals surface area contributed by atoms with Crippen LogP contribution in [-0.4, -0.2) is 27.0 Å². The van der Waals surface area contributed by atoms with E-state index >= 15 is 0 Å². The quantitative estimate of drug-likeness (QED) is 0.857. The highest BCUT2D eigenvalue weighted by atomic mass is 16.3. The van der Waals surface area contributed by atoms with Gasteiger partial charge in [-0.1, -0.05) is 19.3 Å². The average molecular weight is 263 g/mol. The summed E-state index contributed by atoms with van der Waals surface area (Å²) in [7, 11) is 0. The van der Waals surface area contributed by atoms with Crippen molar-refractivity contribution in [2.75, 3.05) is 6.54 Å². The zero-order valence-corrected chi connectivity index (χ0v) is 11.6. The highest BCUT2D eigenvalue weighted by Crippen LogP contribution is 2.30. The molecule has 0 atom stereocenters. The first-order valence-corrected chi connectivity index (χ1v) is 7.72. The molecule has 0 radical (unpaired) electrons. The van der Waals surface area contributed by atoms with Crippen LogP contribution in [0.3, 0.4) is 0 Å². The van der Waals surface area contributed by atoms with Crippen molar-refractivity contribution in [2.24, 2.45) is 0 Å². The molecule has 1 aromatic rings. The van der Waals surface area contributed by atoms with Crippen LogP contribution in [0.5, 0.6) is 0 Å². The van der Waals surface area contributed by atoms with E-state index in [2.05, 4.69) is 27.4 Å². The Bertz CT molecular complexity index is 405. The standard InChI is InChI=1S/C15H25N3O/c19-15(8-4-9-15)12-16-11-13-7-10-18(17-13)14-5-2-1-3-6-14/h7,10,14,16,19H,1-6,8-9,11-12H2. The summed E-state index contributed by atoms with van der Waals surface area (Å²) >= 11 is 0. The van der Waals surface area contributed by atoms with Crippen LogP contribution >= 0.6 is 0 Å². The van der Waals surface area contributed by atoms with Gasteiger partial charge < -0.3 is 10.4 Å². The minimum atomic E-state index is -0.439. The normalized spacial score (nSPS) is 23.2. The smallest absolute Gasteiger partial charge is 0.0771 e. The molecule has 2 aliphatic carbocycles. The van der Waals surface area contributed by atoms with Crippen LogP contribution in [0.25, 0.3) is 0 Å². The monoisotopic (exact) mass is 263 g/mol. The van der Waals surface area contributed by atoms with Crippen molar-refractivity contribution in [1.82, 2.24) is 15.1 Å². The Kier molecular flexibility index (Phi) is 3.89. The summed E-state index contributed by atoms with van der Waals surface area (Å²) < 4.78 is 2.15. The number of nitrogens with zero attached hydrogens (tertiary/aromatic N) is 2. The molecule has 2 aliphatic rings. The molecular formula is C15H25N3O. The molecule has 4 heteroatoms. The third-order valence-electron chi connectivity index (χ3n) is 4.66. The van der Waals surface area contributed by atoms with E-state index in [1.165, 1.54) is 32.1 Å². The van der Waals surface area contributed by atoms with Gasteiger partial charge in [-0.2, -0.15) is 5.10 Å². The third-order valence-corrected chi connectivity index (χ3v) is 4.66. The van der Waals surface area contributed by atoms with Gasteiger partial charge in [0.1, 0.15) is 0 Å². The van der Waals surface area contributed by atoms with Crippen LogP contribution in [-0.2, 0) is 6.54 Å². The van der Waals surface area contributed by atoms with Gasteiger partial charge >= 0.3 is 0 Å². The van der Waals surface area contributed by atoms with E-state index < -0.39 is 5.60 Å². The summed E-state index contributed by atoms with van der Waals surface area (Å²) in [5.41, 5.74) is 0.653. The molecule has 2 fully saturated rings. The molecule has 2 saturated carbocycles. The minimum absolute atomic E-state index is 0.439. The lowest BCUT2D eigenvalue weighted by Crippen LogP contribution is -2.46. The Balaban J connectivity index is 1.47. The summed E-state index contributed by atoms with van der Waals surface area (Å²) in [4.78, 5) is 0. The predicted molar refractivity (Wildman–Crippen MR) is 74.9 cm³/mol. The van der Waals surface area contributed by atoms with Crippen LogP contribution in [0.4, 0.5) is 0 Å². The van der Waals surface area contributed by atoms with Crippen molar-refractivity contribution >= 4 is 0 Å². The molecule has 0 amide bonds. The maximum atomic E-state index is 10.0. The molecule has 2 N–H and O–H groups in total. The molecule has 0 aliphatic heterocycles. The number of hydrogen-bond donors (Lipinski definition) is 2. The molecule has 3 rings (SSSR count). The zero-order chi connectivity index (χ0) is 13.1. The Labute approximate surface area is 115 Å². The van der Waals surface area contributed by atoms with Gasteiger partial charge in [0.15, 0.2) is 0 Å². The molecule has 0 bridgehead atoms. The van der Waals surface area contributed by atoms with Gasteiger partial charge in [-0.05, 0) is 38.2 Å². The van der Waals surface area contributed by atoms with E-state index in [0.29, 0.717) is 12.6 Å². The second kappa shape index (κ2) is 5.63. The second-order valence-electron chi connectivity index (χ2n) is 6.26. The molecule has 1 aromatic heterocycles. The lowest BCUT2D eigenvalue weighted by atomic mass is 9.80. The Morgan fingerprint density at radius 3 is 2.74 bits per heavy atom. The first kappa shape index (κ1) is 13.1. The number of aromatic nitrogens is 2. The van der Waals surface area contributed by atoms with Crippen molar-refractivity contribution < 1.29 is 5.11 Å². The molecule has 1 heterocycles. The minimum Gasteiger partial charge on any atom is -0.389 e. The van der Waals surface area contributed by atoms with Crippen LogP contribution in [0.1, 0.15) is 63.1 Å². The first-order valence-electron chi connectivity index (χ1n) is 7.72. The maximum Gasteiger partial charge on any atom is 0.0771 e. The first-order chi connectivity index (χ1) is 9.25. The van der Waals surface area contributed by atoms with Gasteiger partial charge in [0.05, 0.1) is 17.3 Å². The Hall–Kier alpha value is -0.870. The lowest BCUT2D eigenvalue weighted by Gasteiger charge is -2.36.